The lowest BCUT2D eigenvalue weighted by molar-refractivity contribution is 0.0121. The second-order valence-corrected chi connectivity index (χ2v) is 18.0. The molecule has 1 aliphatic carbocycles. The summed E-state index contributed by atoms with van der Waals surface area (Å²) in [5.74, 6) is 3.22. The zero-order valence-corrected chi connectivity index (χ0v) is 35.5. The molecule has 2 aromatic heterocycles. The molecule has 3 saturated heterocycles. The van der Waals surface area contributed by atoms with Gasteiger partial charge in [-0.05, 0) is 104 Å². The zero-order valence-electron chi connectivity index (χ0n) is 35.5. The Hall–Kier alpha value is -5.56. The highest BCUT2D eigenvalue weighted by Crippen LogP contribution is 2.45. The van der Waals surface area contributed by atoms with Crippen molar-refractivity contribution >= 4 is 39.9 Å². The number of terminal acetylenes is 1. The van der Waals surface area contributed by atoms with Gasteiger partial charge in [-0.1, -0.05) is 12.0 Å². The lowest BCUT2D eigenvalue weighted by Crippen LogP contribution is -2.57. The predicted molar refractivity (Wildman–Crippen MR) is 221 cm³/mol. The number of methoxy groups -OCH3 is 1. The minimum Gasteiger partial charge on any atom is -0.467 e. The molecule has 15 nitrogen and oxygen atoms in total. The molecule has 8 rings (SSSR count). The van der Waals surface area contributed by atoms with E-state index in [1.807, 2.05) is 51.0 Å². The standard InChI is InChI=1S/C44H54FN7O8/c1-9-32-33(45)18-15-26-20-31(57-25-55-8)21-34(35(26)32)58-40-47-37-36(52(40)27-12-10-13-27)38(49-22-28-16-17-29(23-49)51(28)42(54)60-44(5,6)7)48-39(46-37)56-24-30-14-11-19-50(30)41(53)59-43(2,3)4/h1,15,18,20-21,27-30H,10-14,16-17,19,22-25H2,2-8H3/t28?,29?,30-/m0/s1. The number of halogens is 1. The molecule has 2 unspecified atom stereocenters. The van der Waals surface area contributed by atoms with Gasteiger partial charge in [-0.2, -0.15) is 15.0 Å². The van der Waals surface area contributed by atoms with Crippen molar-refractivity contribution in [2.24, 2.45) is 0 Å². The molecule has 2 bridgehead atoms. The summed E-state index contributed by atoms with van der Waals surface area (Å²) < 4.78 is 53.0. The molecule has 0 N–H and O–H groups in total. The fourth-order valence-corrected chi connectivity index (χ4v) is 8.62. The summed E-state index contributed by atoms with van der Waals surface area (Å²) in [7, 11) is 1.52. The summed E-state index contributed by atoms with van der Waals surface area (Å²) in [6.45, 7) is 12.8. The van der Waals surface area contributed by atoms with E-state index in [0.717, 1.165) is 44.9 Å². The maximum absolute atomic E-state index is 15.3. The first-order valence-corrected chi connectivity index (χ1v) is 20.8. The van der Waals surface area contributed by atoms with E-state index >= 15 is 4.39 Å². The molecular formula is C44H54FN7O8. The number of imidazole rings is 1. The number of piperazine rings is 1. The van der Waals surface area contributed by atoms with Gasteiger partial charge >= 0.3 is 24.2 Å². The lowest BCUT2D eigenvalue weighted by Gasteiger charge is -2.42. The Balaban J connectivity index is 1.21. The van der Waals surface area contributed by atoms with E-state index in [2.05, 4.69) is 10.8 Å². The quantitative estimate of drug-likeness (QED) is 0.113. The predicted octanol–water partition coefficient (Wildman–Crippen LogP) is 7.97. The molecule has 2 amide bonds. The van der Waals surface area contributed by atoms with Gasteiger partial charge in [-0.25, -0.2) is 14.0 Å². The molecule has 16 heteroatoms. The molecule has 4 aromatic rings. The number of rotatable bonds is 10. The van der Waals surface area contributed by atoms with E-state index < -0.39 is 17.0 Å². The van der Waals surface area contributed by atoms with Crippen molar-refractivity contribution in [1.82, 2.24) is 29.3 Å². The lowest BCUT2D eigenvalue weighted by atomic mass is 9.93. The largest absolute Gasteiger partial charge is 0.467 e. The van der Waals surface area contributed by atoms with Gasteiger partial charge in [0.05, 0.1) is 23.7 Å². The molecule has 320 valence electrons. The summed E-state index contributed by atoms with van der Waals surface area (Å²) in [5.41, 5.74) is -0.220. The monoisotopic (exact) mass is 827 g/mol. The minimum absolute atomic E-state index is 0.00259. The first-order valence-electron chi connectivity index (χ1n) is 20.8. The maximum Gasteiger partial charge on any atom is 0.410 e. The van der Waals surface area contributed by atoms with E-state index in [4.69, 9.17) is 49.8 Å². The van der Waals surface area contributed by atoms with Gasteiger partial charge in [0.15, 0.2) is 18.3 Å². The number of carbonyl (C=O) groups is 2. The molecule has 3 aliphatic heterocycles. The number of likely N-dealkylation sites (tertiary alicyclic amines) is 1. The van der Waals surface area contributed by atoms with Crippen LogP contribution in [-0.4, -0.2) is 111 Å². The van der Waals surface area contributed by atoms with Crippen molar-refractivity contribution in [3.8, 4) is 35.9 Å². The molecule has 0 radical (unpaired) electrons. The van der Waals surface area contributed by atoms with Crippen LogP contribution in [0.1, 0.15) is 98.1 Å². The average Bonchev–Trinajstić information content (AvgIpc) is 3.84. The number of benzene rings is 2. The average molecular weight is 828 g/mol. The highest BCUT2D eigenvalue weighted by molar-refractivity contribution is 5.95. The number of hydrogen-bond acceptors (Lipinski definition) is 12. The molecule has 60 heavy (non-hydrogen) atoms. The Morgan fingerprint density at radius 3 is 2.25 bits per heavy atom. The van der Waals surface area contributed by atoms with Gasteiger partial charge in [0.25, 0.3) is 0 Å². The summed E-state index contributed by atoms with van der Waals surface area (Å²) in [6.07, 6.45) is 11.1. The summed E-state index contributed by atoms with van der Waals surface area (Å²) in [6, 6.07) is 6.21. The molecule has 0 spiro atoms. The highest BCUT2D eigenvalue weighted by Gasteiger charge is 2.46. The van der Waals surface area contributed by atoms with Crippen molar-refractivity contribution < 1.29 is 42.4 Å². The van der Waals surface area contributed by atoms with E-state index in [-0.39, 0.29) is 73.1 Å². The Bertz CT molecular complexity index is 2310. The number of anilines is 1. The Kier molecular flexibility index (Phi) is 11.1. The second-order valence-electron chi connectivity index (χ2n) is 18.0. The van der Waals surface area contributed by atoms with E-state index in [1.165, 1.54) is 13.2 Å². The number of carbonyl (C=O) groups excluding carboxylic acids is 2. The van der Waals surface area contributed by atoms with Crippen molar-refractivity contribution in [3.63, 3.8) is 0 Å². The third-order valence-electron chi connectivity index (χ3n) is 11.4. The Morgan fingerprint density at radius 2 is 1.60 bits per heavy atom. The highest BCUT2D eigenvalue weighted by atomic mass is 19.1. The van der Waals surface area contributed by atoms with Gasteiger partial charge in [-0.15, -0.1) is 6.42 Å². The molecule has 4 aliphatic rings. The van der Waals surface area contributed by atoms with Crippen LogP contribution in [0.15, 0.2) is 24.3 Å². The number of ether oxygens (including phenoxy) is 6. The minimum atomic E-state index is -0.638. The molecular weight excluding hydrogens is 774 g/mol. The molecule has 2 aromatic carbocycles. The topological polar surface area (TPSA) is 143 Å². The number of hydrogen-bond donors (Lipinski definition) is 0. The Morgan fingerprint density at radius 1 is 0.883 bits per heavy atom. The normalized spacial score (nSPS) is 20.6. The number of fused-ring (bicyclic) bond motifs is 4. The van der Waals surface area contributed by atoms with Crippen molar-refractivity contribution in [2.75, 3.05) is 45.0 Å². The summed E-state index contributed by atoms with van der Waals surface area (Å²) >= 11 is 0. The van der Waals surface area contributed by atoms with Crippen molar-refractivity contribution in [2.45, 2.75) is 122 Å². The smallest absolute Gasteiger partial charge is 0.410 e. The van der Waals surface area contributed by atoms with Crippen LogP contribution in [0.3, 0.4) is 0 Å². The van der Waals surface area contributed by atoms with Crippen LogP contribution < -0.4 is 19.1 Å². The van der Waals surface area contributed by atoms with Gasteiger partial charge in [-0.3, -0.25) is 9.47 Å². The van der Waals surface area contributed by atoms with Crippen LogP contribution in [-0.2, 0) is 14.2 Å². The zero-order chi connectivity index (χ0) is 42.5. The maximum atomic E-state index is 15.3. The first kappa shape index (κ1) is 41.2. The molecule has 3 atom stereocenters. The SMILES string of the molecule is C#Cc1c(F)ccc2cc(OCOC)cc(Oc3nc4nc(OC[C@@H]5CCCN5C(=O)OC(C)(C)C)nc(N5CC6CCC(C5)N6C(=O)OC(C)(C)C)c4n3C3CCC3)c12. The van der Waals surface area contributed by atoms with Crippen molar-refractivity contribution in [3.05, 3.63) is 35.6 Å². The van der Waals surface area contributed by atoms with Gasteiger partial charge in [0.1, 0.15) is 40.6 Å². The van der Waals surface area contributed by atoms with Gasteiger partial charge in [0, 0.05) is 44.2 Å². The summed E-state index contributed by atoms with van der Waals surface area (Å²) in [4.78, 5) is 47.4. The van der Waals surface area contributed by atoms with E-state index in [0.29, 0.717) is 53.1 Å². The van der Waals surface area contributed by atoms with Crippen LogP contribution in [0.25, 0.3) is 21.9 Å². The number of nitrogens with zero attached hydrogens (tertiary/aromatic N) is 7. The van der Waals surface area contributed by atoms with E-state index in [1.54, 1.807) is 23.1 Å². The van der Waals surface area contributed by atoms with Crippen LogP contribution in [0.4, 0.5) is 19.8 Å². The Labute approximate surface area is 349 Å². The fourth-order valence-electron chi connectivity index (χ4n) is 8.62. The number of aromatic nitrogens is 4. The molecule has 4 fully saturated rings. The fraction of sp³-hybridized carbons (Fsp3) is 0.568. The van der Waals surface area contributed by atoms with Gasteiger partial charge in [0.2, 0.25) is 0 Å². The third-order valence-corrected chi connectivity index (χ3v) is 11.4. The first-order chi connectivity index (χ1) is 28.6. The van der Waals surface area contributed by atoms with Crippen LogP contribution in [0, 0.1) is 18.2 Å². The van der Waals surface area contributed by atoms with Crippen LogP contribution in [0.2, 0.25) is 0 Å². The third kappa shape index (κ3) is 8.28. The van der Waals surface area contributed by atoms with E-state index in [9.17, 15) is 9.59 Å². The van der Waals surface area contributed by atoms with Crippen LogP contribution >= 0.6 is 0 Å². The summed E-state index contributed by atoms with van der Waals surface area (Å²) in [5, 5.41) is 1.01. The second kappa shape index (κ2) is 16.1. The molecule has 1 saturated carbocycles. The van der Waals surface area contributed by atoms with Gasteiger partial charge < -0.3 is 38.2 Å². The van der Waals surface area contributed by atoms with Crippen LogP contribution in [0.5, 0.6) is 23.5 Å². The number of amides is 2. The van der Waals surface area contributed by atoms with Crippen molar-refractivity contribution in [1.29, 1.82) is 0 Å². The molecule has 5 heterocycles.